The molecule has 0 aliphatic heterocycles. The zero-order valence-electron chi connectivity index (χ0n) is 8.64. The van der Waals surface area contributed by atoms with Gasteiger partial charge in [0.25, 0.3) is 0 Å². The zero-order valence-corrected chi connectivity index (χ0v) is 8.64. The third kappa shape index (κ3) is 1.49. The van der Waals surface area contributed by atoms with Gasteiger partial charge in [0.05, 0.1) is 6.54 Å². The third-order valence-electron chi connectivity index (χ3n) is 2.70. The molecule has 2 N–H and O–H groups in total. The lowest BCUT2D eigenvalue weighted by molar-refractivity contribution is 0.100. The van der Waals surface area contributed by atoms with Crippen molar-refractivity contribution < 1.29 is 9.21 Å². The second-order valence-electron chi connectivity index (χ2n) is 4.00. The second-order valence-corrected chi connectivity index (χ2v) is 4.00. The normalized spacial score (nSPS) is 15.6. The second kappa shape index (κ2) is 3.38. The Morgan fingerprint density at radius 3 is 3.06 bits per heavy atom. The number of aromatic nitrogens is 2. The number of hydrogen-bond donors (Lipinski definition) is 1. The summed E-state index contributed by atoms with van der Waals surface area (Å²) in [5.41, 5.74) is 6.92. The topological polar surface area (TPSA) is 82.0 Å². The van der Waals surface area contributed by atoms with Crippen molar-refractivity contribution in [2.45, 2.75) is 18.8 Å². The Bertz CT molecular complexity index is 557. The number of carbonyl (C=O) groups excluding carboxylic acids is 1. The van der Waals surface area contributed by atoms with Crippen LogP contribution in [0, 0.1) is 0 Å². The van der Waals surface area contributed by atoms with E-state index in [1.54, 1.807) is 6.07 Å². The Hall–Kier alpha value is -1.75. The summed E-state index contributed by atoms with van der Waals surface area (Å²) in [7, 11) is 0. The lowest BCUT2D eigenvalue weighted by Crippen LogP contribution is -2.13. The Morgan fingerprint density at radius 2 is 2.38 bits per heavy atom. The van der Waals surface area contributed by atoms with Crippen LogP contribution in [0.1, 0.15) is 35.0 Å². The highest BCUT2D eigenvalue weighted by molar-refractivity contribution is 5.99. The van der Waals surface area contributed by atoms with Gasteiger partial charge in [-0.05, 0) is 18.9 Å². The molecule has 0 amide bonds. The summed E-state index contributed by atoms with van der Waals surface area (Å²) >= 11 is 0. The lowest BCUT2D eigenvalue weighted by atomic mass is 10.2. The van der Waals surface area contributed by atoms with Crippen LogP contribution >= 0.6 is 0 Å². The van der Waals surface area contributed by atoms with Gasteiger partial charge in [0.1, 0.15) is 5.52 Å². The zero-order chi connectivity index (χ0) is 11.1. The van der Waals surface area contributed by atoms with E-state index >= 15 is 0 Å². The first kappa shape index (κ1) is 9.47. The molecule has 0 bridgehead atoms. The molecule has 0 saturated heterocycles. The fourth-order valence-electron chi connectivity index (χ4n) is 1.62. The van der Waals surface area contributed by atoms with E-state index in [1.807, 2.05) is 0 Å². The van der Waals surface area contributed by atoms with E-state index in [0.717, 1.165) is 18.7 Å². The van der Waals surface area contributed by atoms with Gasteiger partial charge >= 0.3 is 0 Å². The molecule has 0 unspecified atom stereocenters. The van der Waals surface area contributed by atoms with Crippen LogP contribution in [0.15, 0.2) is 16.7 Å². The van der Waals surface area contributed by atoms with Crippen LogP contribution in [0.25, 0.3) is 11.2 Å². The van der Waals surface area contributed by atoms with E-state index in [4.69, 9.17) is 10.2 Å². The molecule has 5 heteroatoms. The van der Waals surface area contributed by atoms with Gasteiger partial charge < -0.3 is 10.2 Å². The highest BCUT2D eigenvalue weighted by Crippen LogP contribution is 2.40. The summed E-state index contributed by atoms with van der Waals surface area (Å²) in [6, 6.07) is 1.69. The highest BCUT2D eigenvalue weighted by atomic mass is 16.4. The van der Waals surface area contributed by atoms with E-state index in [1.165, 1.54) is 6.20 Å². The molecule has 16 heavy (non-hydrogen) atoms. The summed E-state index contributed by atoms with van der Waals surface area (Å²) in [5, 5.41) is 0. The monoisotopic (exact) mass is 217 g/mol. The first-order valence-corrected chi connectivity index (χ1v) is 5.27. The molecule has 1 aliphatic carbocycles. The Kier molecular flexibility index (Phi) is 2.00. The predicted octanol–water partition coefficient (Wildman–Crippen LogP) is 1.24. The third-order valence-corrected chi connectivity index (χ3v) is 2.70. The molecule has 0 spiro atoms. The van der Waals surface area contributed by atoms with Crippen molar-refractivity contribution in [2.24, 2.45) is 5.73 Å². The number of carbonyl (C=O) groups is 1. The number of oxazole rings is 1. The maximum atomic E-state index is 11.4. The SMILES string of the molecule is NCC(=O)c1cnc2oc(C3CC3)nc2c1. The molecule has 0 atom stereocenters. The molecule has 5 nitrogen and oxygen atoms in total. The molecule has 2 aromatic heterocycles. The van der Waals surface area contributed by atoms with Crippen molar-refractivity contribution in [1.82, 2.24) is 9.97 Å². The molecular weight excluding hydrogens is 206 g/mol. The van der Waals surface area contributed by atoms with Crippen LogP contribution in [0.4, 0.5) is 0 Å². The maximum Gasteiger partial charge on any atom is 0.246 e. The summed E-state index contributed by atoms with van der Waals surface area (Å²) in [4.78, 5) is 19.8. The van der Waals surface area contributed by atoms with E-state index in [2.05, 4.69) is 9.97 Å². The quantitative estimate of drug-likeness (QED) is 0.782. The van der Waals surface area contributed by atoms with Gasteiger partial charge in [-0.3, -0.25) is 4.79 Å². The summed E-state index contributed by atoms with van der Waals surface area (Å²) in [5.74, 6) is 1.05. The van der Waals surface area contributed by atoms with Crippen LogP contribution in [0.5, 0.6) is 0 Å². The summed E-state index contributed by atoms with van der Waals surface area (Å²) in [6.07, 6.45) is 3.74. The molecule has 2 heterocycles. The van der Waals surface area contributed by atoms with Crippen molar-refractivity contribution in [3.8, 4) is 0 Å². The number of hydrogen-bond acceptors (Lipinski definition) is 5. The number of nitrogens with zero attached hydrogens (tertiary/aromatic N) is 2. The van der Waals surface area contributed by atoms with Crippen molar-refractivity contribution in [3.05, 3.63) is 23.7 Å². The number of pyridine rings is 1. The Morgan fingerprint density at radius 1 is 1.56 bits per heavy atom. The van der Waals surface area contributed by atoms with Crippen LogP contribution in [0.2, 0.25) is 0 Å². The smallest absolute Gasteiger partial charge is 0.246 e. The number of Topliss-reactive ketones (excluding diaryl/α,β-unsaturated/α-hetero) is 1. The number of fused-ring (bicyclic) bond motifs is 1. The first-order valence-electron chi connectivity index (χ1n) is 5.27. The lowest BCUT2D eigenvalue weighted by Gasteiger charge is -1.94. The number of rotatable bonds is 3. The summed E-state index contributed by atoms with van der Waals surface area (Å²) in [6.45, 7) is -0.0134. The Labute approximate surface area is 91.7 Å². The van der Waals surface area contributed by atoms with Crippen molar-refractivity contribution in [1.29, 1.82) is 0 Å². The van der Waals surface area contributed by atoms with Crippen molar-refractivity contribution in [3.63, 3.8) is 0 Å². The van der Waals surface area contributed by atoms with Gasteiger partial charge in [0.15, 0.2) is 5.78 Å². The molecule has 2 aromatic rings. The van der Waals surface area contributed by atoms with Crippen LogP contribution < -0.4 is 5.73 Å². The van der Waals surface area contributed by atoms with Crippen molar-refractivity contribution in [2.75, 3.05) is 6.54 Å². The van der Waals surface area contributed by atoms with Gasteiger partial charge in [-0.15, -0.1) is 0 Å². The molecule has 1 saturated carbocycles. The van der Waals surface area contributed by atoms with Crippen molar-refractivity contribution >= 4 is 17.0 Å². The average Bonchev–Trinajstić information content (AvgIpc) is 3.07. The molecule has 0 radical (unpaired) electrons. The number of ketones is 1. The molecular formula is C11H11N3O2. The minimum absolute atomic E-state index is 0.0134. The highest BCUT2D eigenvalue weighted by Gasteiger charge is 2.29. The standard InChI is InChI=1S/C11H11N3O2/c12-4-9(15)7-3-8-11(13-5-7)16-10(14-8)6-1-2-6/h3,5-6H,1-2,4,12H2. The van der Waals surface area contributed by atoms with Gasteiger partial charge in [-0.2, -0.15) is 0 Å². The van der Waals surface area contributed by atoms with Crippen LogP contribution in [-0.4, -0.2) is 22.3 Å². The van der Waals surface area contributed by atoms with Gasteiger partial charge in [-0.1, -0.05) is 0 Å². The molecule has 0 aromatic carbocycles. The average molecular weight is 217 g/mol. The van der Waals surface area contributed by atoms with Crippen LogP contribution in [-0.2, 0) is 0 Å². The van der Waals surface area contributed by atoms with E-state index < -0.39 is 0 Å². The predicted molar refractivity (Wildman–Crippen MR) is 57.2 cm³/mol. The van der Waals surface area contributed by atoms with E-state index in [0.29, 0.717) is 22.7 Å². The van der Waals surface area contributed by atoms with Gasteiger partial charge in [0.2, 0.25) is 11.6 Å². The molecule has 1 aliphatic rings. The maximum absolute atomic E-state index is 11.4. The van der Waals surface area contributed by atoms with Gasteiger partial charge in [-0.25, -0.2) is 9.97 Å². The Balaban J connectivity index is 2.06. The first-order chi connectivity index (χ1) is 7.78. The van der Waals surface area contributed by atoms with Gasteiger partial charge in [0, 0.05) is 17.7 Å². The fourth-order valence-corrected chi connectivity index (χ4v) is 1.62. The fraction of sp³-hybridized carbons (Fsp3) is 0.364. The molecule has 3 rings (SSSR count). The van der Waals surface area contributed by atoms with E-state index in [9.17, 15) is 4.79 Å². The minimum atomic E-state index is -0.134. The summed E-state index contributed by atoms with van der Waals surface area (Å²) < 4.78 is 5.50. The molecule has 1 fully saturated rings. The largest absolute Gasteiger partial charge is 0.422 e. The van der Waals surface area contributed by atoms with E-state index in [-0.39, 0.29) is 12.3 Å². The molecule has 82 valence electrons. The minimum Gasteiger partial charge on any atom is -0.422 e. The number of nitrogens with two attached hydrogens (primary N) is 1. The van der Waals surface area contributed by atoms with Crippen LogP contribution in [0.3, 0.4) is 0 Å².